The number of nitrogens with zero attached hydrogens (tertiary/aromatic N) is 4. The first-order chi connectivity index (χ1) is 19.0. The zero-order chi connectivity index (χ0) is 27.0. The van der Waals surface area contributed by atoms with Crippen molar-refractivity contribution in [2.45, 2.75) is 47.5 Å². The van der Waals surface area contributed by atoms with Crippen molar-refractivity contribution in [1.82, 2.24) is 20.2 Å². The van der Waals surface area contributed by atoms with Crippen LogP contribution < -0.4 is 10.2 Å². The Bertz CT molecular complexity index is 1380. The van der Waals surface area contributed by atoms with E-state index in [1.807, 2.05) is 59.1 Å². The smallest absolute Gasteiger partial charge is 0.253 e. The minimum atomic E-state index is -0.0220. The predicted octanol–water partition coefficient (Wildman–Crippen LogP) is 5.08. The van der Waals surface area contributed by atoms with Crippen molar-refractivity contribution in [1.29, 1.82) is 0 Å². The van der Waals surface area contributed by atoms with Crippen LogP contribution in [0.15, 0.2) is 64.8 Å². The third kappa shape index (κ3) is 5.26. The molecule has 3 aliphatic rings. The van der Waals surface area contributed by atoms with Crippen LogP contribution in [0.2, 0.25) is 0 Å². The van der Waals surface area contributed by atoms with Gasteiger partial charge in [0.15, 0.2) is 5.16 Å². The molecule has 3 aromatic rings. The summed E-state index contributed by atoms with van der Waals surface area (Å²) < 4.78 is 0.287. The molecule has 2 fully saturated rings. The summed E-state index contributed by atoms with van der Waals surface area (Å²) in [5.41, 5.74) is 4.30. The van der Waals surface area contributed by atoms with Gasteiger partial charge in [-0.1, -0.05) is 72.9 Å². The Labute approximate surface area is 238 Å². The second-order valence-corrected chi connectivity index (χ2v) is 12.8. The first-order valence-electron chi connectivity index (χ1n) is 13.7. The second-order valence-electron chi connectivity index (χ2n) is 10.4. The monoisotopic (exact) mass is 559 g/mol. The minimum Gasteiger partial charge on any atom is -0.356 e. The first-order valence-corrected chi connectivity index (χ1v) is 15.5. The summed E-state index contributed by atoms with van der Waals surface area (Å²) >= 11 is 3.52. The third-order valence-electron chi connectivity index (χ3n) is 7.95. The normalized spacial score (nSPS) is 21.3. The summed E-state index contributed by atoms with van der Waals surface area (Å²) in [6.45, 7) is 7.24. The topological polar surface area (TPSA) is 78.4 Å². The average Bonchev–Trinajstić information content (AvgIpc) is 3.59. The van der Waals surface area contributed by atoms with E-state index in [4.69, 9.17) is 9.97 Å². The van der Waals surface area contributed by atoms with E-state index in [1.165, 1.54) is 18.9 Å². The van der Waals surface area contributed by atoms with Gasteiger partial charge in [-0.2, -0.15) is 0 Å². The number of hydrogen-bond acceptors (Lipinski definition) is 7. The summed E-state index contributed by atoms with van der Waals surface area (Å²) in [7, 11) is 0. The van der Waals surface area contributed by atoms with E-state index in [9.17, 15) is 9.59 Å². The fourth-order valence-corrected chi connectivity index (χ4v) is 7.90. The molecule has 7 nitrogen and oxygen atoms in total. The largest absolute Gasteiger partial charge is 0.356 e. The maximum atomic E-state index is 13.3. The molecule has 202 valence electrons. The van der Waals surface area contributed by atoms with E-state index in [0.29, 0.717) is 25.6 Å². The van der Waals surface area contributed by atoms with Crippen molar-refractivity contribution in [3.05, 3.63) is 65.7 Å². The second kappa shape index (κ2) is 10.8. The van der Waals surface area contributed by atoms with Crippen molar-refractivity contribution >= 4 is 41.2 Å². The van der Waals surface area contributed by atoms with E-state index >= 15 is 0 Å². The van der Waals surface area contributed by atoms with Crippen molar-refractivity contribution in [3.8, 4) is 11.1 Å². The number of piperazine rings is 1. The van der Waals surface area contributed by atoms with Gasteiger partial charge in [-0.25, -0.2) is 9.97 Å². The number of carbonyl (C=O) groups is 2. The fourth-order valence-electron chi connectivity index (χ4n) is 5.64. The third-order valence-corrected chi connectivity index (χ3v) is 10.5. The molecule has 2 unspecified atom stereocenters. The van der Waals surface area contributed by atoms with E-state index < -0.39 is 0 Å². The maximum Gasteiger partial charge on any atom is 0.253 e. The van der Waals surface area contributed by atoms with E-state index in [-0.39, 0.29) is 16.6 Å². The van der Waals surface area contributed by atoms with E-state index in [1.54, 1.807) is 11.8 Å². The van der Waals surface area contributed by atoms with E-state index in [2.05, 4.69) is 29.3 Å². The molecule has 1 saturated carbocycles. The van der Waals surface area contributed by atoms with Crippen LogP contribution >= 0.6 is 23.5 Å². The fraction of sp³-hybridized carbons (Fsp3) is 0.400. The zero-order valence-electron chi connectivity index (χ0n) is 22.4. The van der Waals surface area contributed by atoms with Crippen LogP contribution in [0.3, 0.4) is 0 Å². The van der Waals surface area contributed by atoms with Crippen molar-refractivity contribution < 1.29 is 9.59 Å². The Morgan fingerprint density at radius 3 is 2.44 bits per heavy atom. The van der Waals surface area contributed by atoms with Crippen LogP contribution in [-0.4, -0.2) is 69.9 Å². The van der Waals surface area contributed by atoms with Gasteiger partial charge in [-0.15, -0.1) is 0 Å². The first kappa shape index (κ1) is 26.2. The molecule has 2 aromatic carbocycles. The molecule has 1 N–H and O–H groups in total. The van der Waals surface area contributed by atoms with Crippen LogP contribution in [0.25, 0.3) is 11.1 Å². The van der Waals surface area contributed by atoms with Crippen molar-refractivity contribution in [2.24, 2.45) is 0 Å². The van der Waals surface area contributed by atoms with Gasteiger partial charge in [-0.05, 0) is 36.1 Å². The number of hydrogen-bond donors (Lipinski definition) is 1. The number of fused-ring (bicyclic) bond motifs is 3. The molecule has 2 aliphatic heterocycles. The van der Waals surface area contributed by atoms with Gasteiger partial charge in [0.05, 0.1) is 0 Å². The minimum absolute atomic E-state index is 0.0220. The van der Waals surface area contributed by atoms with Crippen molar-refractivity contribution in [2.75, 3.05) is 43.4 Å². The van der Waals surface area contributed by atoms with Crippen LogP contribution in [-0.2, 0) is 4.79 Å². The lowest BCUT2D eigenvalue weighted by molar-refractivity contribution is -0.118. The Hall–Kier alpha value is -3.04. The summed E-state index contributed by atoms with van der Waals surface area (Å²) in [5, 5.41) is 4.74. The molecule has 2 amide bonds. The molecule has 6 rings (SSSR count). The summed E-state index contributed by atoms with van der Waals surface area (Å²) in [6.07, 6.45) is 2.33. The lowest BCUT2D eigenvalue weighted by atomic mass is 10.0. The lowest BCUT2D eigenvalue weighted by Gasteiger charge is -2.36. The molecule has 3 heterocycles. The van der Waals surface area contributed by atoms with Crippen LogP contribution in [0.4, 0.5) is 5.82 Å². The molecule has 1 aromatic heterocycles. The Balaban J connectivity index is 1.14. The number of carbonyl (C=O) groups excluding carboxylic acids is 2. The lowest BCUT2D eigenvalue weighted by Crippen LogP contribution is -2.49. The quantitative estimate of drug-likeness (QED) is 0.179. The number of benzene rings is 2. The summed E-state index contributed by atoms with van der Waals surface area (Å²) in [4.78, 5) is 38.8. The molecule has 0 spiro atoms. The zero-order valence-corrected chi connectivity index (χ0v) is 24.0. The molecule has 0 bridgehead atoms. The SMILES string of the molecule is CCC12CC1c1c(nc(SCCNC(C)=O)nc1N1CCN(C(=O)c3ccc(-c4ccccc4)cc3)CC1)S2. The van der Waals surface area contributed by atoms with Crippen LogP contribution in [0, 0.1) is 0 Å². The number of thioether (sulfide) groups is 2. The highest BCUT2D eigenvalue weighted by Gasteiger charge is 2.61. The number of aromatic nitrogens is 2. The molecule has 1 aliphatic carbocycles. The Morgan fingerprint density at radius 2 is 1.74 bits per heavy atom. The predicted molar refractivity (Wildman–Crippen MR) is 158 cm³/mol. The van der Waals surface area contributed by atoms with Crippen LogP contribution in [0.5, 0.6) is 0 Å². The van der Waals surface area contributed by atoms with Gasteiger partial charge < -0.3 is 15.1 Å². The van der Waals surface area contributed by atoms with Gasteiger partial charge in [0.25, 0.3) is 5.91 Å². The standard InChI is InChI=1S/C30H33N5O2S2/c1-3-30-19-24(30)25-26(32-29(33-27(25)39-30)38-18-13-31-20(2)36)34-14-16-35(17-15-34)28(37)23-11-9-22(10-12-23)21-7-5-4-6-8-21/h4-12,24H,3,13-19H2,1-2H3,(H,31,36). The van der Waals surface area contributed by atoms with Gasteiger partial charge in [0, 0.05) is 67.2 Å². The number of anilines is 1. The van der Waals surface area contributed by atoms with Gasteiger partial charge in [0.2, 0.25) is 5.91 Å². The van der Waals surface area contributed by atoms with Gasteiger partial charge >= 0.3 is 0 Å². The Morgan fingerprint density at radius 1 is 1.03 bits per heavy atom. The highest BCUT2D eigenvalue weighted by atomic mass is 32.2. The molecule has 2 atom stereocenters. The highest BCUT2D eigenvalue weighted by Crippen LogP contribution is 2.72. The number of rotatable bonds is 8. The van der Waals surface area contributed by atoms with Gasteiger partial charge in [0.1, 0.15) is 10.8 Å². The average molecular weight is 560 g/mol. The molecular weight excluding hydrogens is 526 g/mol. The van der Waals surface area contributed by atoms with E-state index in [0.717, 1.165) is 58.0 Å². The molecule has 39 heavy (non-hydrogen) atoms. The Kier molecular flexibility index (Phi) is 7.29. The number of nitrogens with one attached hydrogen (secondary N) is 1. The summed E-state index contributed by atoms with van der Waals surface area (Å²) in [5.74, 6) is 2.37. The van der Waals surface area contributed by atoms with Crippen molar-refractivity contribution in [3.63, 3.8) is 0 Å². The van der Waals surface area contributed by atoms with Gasteiger partial charge in [-0.3, -0.25) is 9.59 Å². The summed E-state index contributed by atoms with van der Waals surface area (Å²) in [6, 6.07) is 18.2. The molecule has 9 heteroatoms. The maximum absolute atomic E-state index is 13.3. The highest BCUT2D eigenvalue weighted by molar-refractivity contribution is 8.01. The molecule has 1 saturated heterocycles. The molecular formula is C30H33N5O2S2. The van der Waals surface area contributed by atoms with Crippen LogP contribution in [0.1, 0.15) is 48.5 Å². The number of amides is 2. The molecule has 0 radical (unpaired) electrons.